The van der Waals surface area contributed by atoms with Gasteiger partial charge in [0.2, 0.25) is 0 Å². The van der Waals surface area contributed by atoms with Gasteiger partial charge in [0.1, 0.15) is 11.5 Å². The van der Waals surface area contributed by atoms with Gasteiger partial charge >= 0.3 is 0 Å². The summed E-state index contributed by atoms with van der Waals surface area (Å²) in [5.41, 5.74) is 1.14. The van der Waals surface area contributed by atoms with Crippen LogP contribution in [0.5, 0.6) is 11.5 Å². The molecule has 0 aliphatic carbocycles. The van der Waals surface area contributed by atoms with Gasteiger partial charge in [0.15, 0.2) is 0 Å². The molecule has 4 heteroatoms. The van der Waals surface area contributed by atoms with Crippen molar-refractivity contribution in [1.29, 1.82) is 0 Å². The first-order chi connectivity index (χ1) is 6.61. The standard InChI is InChI=1S/C10H12BrIO2/c1-6(11)7-4-5-8(13-2)9(12)10(7)14-3/h4-6H,1-3H3. The fraction of sp³-hybridized carbons (Fsp3) is 0.400. The van der Waals surface area contributed by atoms with Crippen LogP contribution in [0.2, 0.25) is 0 Å². The van der Waals surface area contributed by atoms with Gasteiger partial charge in [-0.05, 0) is 35.6 Å². The zero-order valence-electron chi connectivity index (χ0n) is 8.30. The maximum absolute atomic E-state index is 5.36. The van der Waals surface area contributed by atoms with E-state index in [1.807, 2.05) is 12.1 Å². The van der Waals surface area contributed by atoms with Crippen LogP contribution in [-0.4, -0.2) is 14.2 Å². The molecule has 1 unspecified atom stereocenters. The lowest BCUT2D eigenvalue weighted by atomic mass is 10.1. The van der Waals surface area contributed by atoms with Crippen LogP contribution in [0.25, 0.3) is 0 Å². The minimum atomic E-state index is 0.275. The van der Waals surface area contributed by atoms with Crippen molar-refractivity contribution in [2.45, 2.75) is 11.8 Å². The molecule has 2 nitrogen and oxygen atoms in total. The number of benzene rings is 1. The van der Waals surface area contributed by atoms with E-state index in [1.54, 1.807) is 14.2 Å². The Hall–Kier alpha value is 0.0300. The number of halogens is 2. The lowest BCUT2D eigenvalue weighted by molar-refractivity contribution is 0.386. The van der Waals surface area contributed by atoms with E-state index in [2.05, 4.69) is 45.4 Å². The Balaban J connectivity index is 3.28. The quantitative estimate of drug-likeness (QED) is 0.595. The van der Waals surface area contributed by atoms with E-state index in [0.29, 0.717) is 0 Å². The molecule has 0 fully saturated rings. The van der Waals surface area contributed by atoms with Gasteiger partial charge in [0, 0.05) is 10.4 Å². The van der Waals surface area contributed by atoms with Crippen LogP contribution >= 0.6 is 38.5 Å². The van der Waals surface area contributed by atoms with E-state index >= 15 is 0 Å². The lowest BCUT2D eigenvalue weighted by Crippen LogP contribution is -1.97. The van der Waals surface area contributed by atoms with Gasteiger partial charge in [-0.25, -0.2) is 0 Å². The zero-order chi connectivity index (χ0) is 10.7. The molecule has 0 N–H and O–H groups in total. The van der Waals surface area contributed by atoms with E-state index in [0.717, 1.165) is 20.6 Å². The molecule has 1 atom stereocenters. The van der Waals surface area contributed by atoms with Crippen molar-refractivity contribution in [2.24, 2.45) is 0 Å². The van der Waals surface area contributed by atoms with Crippen molar-refractivity contribution in [3.8, 4) is 11.5 Å². The van der Waals surface area contributed by atoms with Crippen molar-refractivity contribution < 1.29 is 9.47 Å². The molecule has 0 saturated carbocycles. The summed E-state index contributed by atoms with van der Waals surface area (Å²) in [4.78, 5) is 0.275. The summed E-state index contributed by atoms with van der Waals surface area (Å²) < 4.78 is 11.6. The Kier molecular flexibility index (Phi) is 4.50. The minimum absolute atomic E-state index is 0.275. The average molecular weight is 371 g/mol. The summed E-state index contributed by atoms with van der Waals surface area (Å²) in [6.07, 6.45) is 0. The van der Waals surface area contributed by atoms with E-state index < -0.39 is 0 Å². The SMILES string of the molecule is COc1ccc(C(C)Br)c(OC)c1I. The largest absolute Gasteiger partial charge is 0.496 e. The average Bonchev–Trinajstić information content (AvgIpc) is 2.17. The third kappa shape index (κ3) is 2.34. The number of rotatable bonds is 3. The zero-order valence-corrected chi connectivity index (χ0v) is 12.0. The van der Waals surface area contributed by atoms with Crippen LogP contribution in [0.15, 0.2) is 12.1 Å². The van der Waals surface area contributed by atoms with Crippen LogP contribution in [0, 0.1) is 3.57 Å². The first-order valence-corrected chi connectivity index (χ1v) is 6.15. The molecule has 0 bridgehead atoms. The molecule has 0 radical (unpaired) electrons. The molecule has 14 heavy (non-hydrogen) atoms. The second-order valence-electron chi connectivity index (χ2n) is 2.82. The van der Waals surface area contributed by atoms with E-state index in [9.17, 15) is 0 Å². The summed E-state index contributed by atoms with van der Waals surface area (Å²) in [6, 6.07) is 3.97. The Labute approximate surface area is 106 Å². The second-order valence-corrected chi connectivity index (χ2v) is 5.27. The summed E-state index contributed by atoms with van der Waals surface area (Å²) in [5, 5.41) is 0. The Bertz CT molecular complexity index is 326. The third-order valence-corrected chi connectivity index (χ3v) is 3.46. The molecule has 0 aromatic heterocycles. The van der Waals surface area contributed by atoms with Crippen LogP contribution in [0.3, 0.4) is 0 Å². The molecular weight excluding hydrogens is 359 g/mol. The molecule has 0 amide bonds. The van der Waals surface area contributed by atoms with E-state index in [-0.39, 0.29) is 4.83 Å². The van der Waals surface area contributed by atoms with Crippen LogP contribution < -0.4 is 9.47 Å². The highest BCUT2D eigenvalue weighted by Gasteiger charge is 2.15. The van der Waals surface area contributed by atoms with E-state index in [4.69, 9.17) is 9.47 Å². The Morgan fingerprint density at radius 3 is 2.36 bits per heavy atom. The molecule has 1 rings (SSSR count). The maximum Gasteiger partial charge on any atom is 0.140 e. The van der Waals surface area contributed by atoms with Gasteiger partial charge in [-0.1, -0.05) is 22.0 Å². The van der Waals surface area contributed by atoms with Gasteiger partial charge < -0.3 is 9.47 Å². The highest BCUT2D eigenvalue weighted by atomic mass is 127. The predicted molar refractivity (Wildman–Crippen MR) is 69.6 cm³/mol. The van der Waals surface area contributed by atoms with Gasteiger partial charge in [-0.15, -0.1) is 0 Å². The van der Waals surface area contributed by atoms with Crippen molar-refractivity contribution in [1.82, 2.24) is 0 Å². The first-order valence-electron chi connectivity index (χ1n) is 4.16. The number of hydrogen-bond acceptors (Lipinski definition) is 2. The fourth-order valence-electron chi connectivity index (χ4n) is 1.23. The second kappa shape index (κ2) is 5.21. The van der Waals surface area contributed by atoms with Crippen LogP contribution in [0.4, 0.5) is 0 Å². The predicted octanol–water partition coefficient (Wildman–Crippen LogP) is 3.76. The fourth-order valence-corrected chi connectivity index (χ4v) is 2.52. The number of hydrogen-bond donors (Lipinski definition) is 0. The first kappa shape index (κ1) is 12.1. The minimum Gasteiger partial charge on any atom is -0.496 e. The number of methoxy groups -OCH3 is 2. The van der Waals surface area contributed by atoms with Crippen molar-refractivity contribution in [3.05, 3.63) is 21.3 Å². The smallest absolute Gasteiger partial charge is 0.140 e. The molecule has 1 aromatic rings. The summed E-state index contributed by atoms with van der Waals surface area (Å²) in [7, 11) is 3.34. The number of ether oxygens (including phenoxy) is 2. The Morgan fingerprint density at radius 2 is 1.93 bits per heavy atom. The highest BCUT2D eigenvalue weighted by Crippen LogP contribution is 2.38. The van der Waals surface area contributed by atoms with Crippen LogP contribution in [-0.2, 0) is 0 Å². The topological polar surface area (TPSA) is 18.5 Å². The number of alkyl halides is 1. The lowest BCUT2D eigenvalue weighted by Gasteiger charge is -2.14. The van der Waals surface area contributed by atoms with Gasteiger partial charge in [0.05, 0.1) is 17.8 Å². The summed E-state index contributed by atoms with van der Waals surface area (Å²) in [5.74, 6) is 1.73. The Morgan fingerprint density at radius 1 is 1.29 bits per heavy atom. The third-order valence-electron chi connectivity index (χ3n) is 1.94. The highest BCUT2D eigenvalue weighted by molar-refractivity contribution is 14.1. The molecule has 0 aliphatic rings. The summed E-state index contributed by atoms with van der Waals surface area (Å²) >= 11 is 5.76. The van der Waals surface area contributed by atoms with E-state index in [1.165, 1.54) is 0 Å². The monoisotopic (exact) mass is 370 g/mol. The molecule has 1 aromatic carbocycles. The molecule has 78 valence electrons. The van der Waals surface area contributed by atoms with Gasteiger partial charge in [-0.2, -0.15) is 0 Å². The summed E-state index contributed by atoms with van der Waals surface area (Å²) in [6.45, 7) is 2.07. The van der Waals surface area contributed by atoms with Gasteiger partial charge in [0.25, 0.3) is 0 Å². The van der Waals surface area contributed by atoms with Crippen molar-refractivity contribution in [3.63, 3.8) is 0 Å². The van der Waals surface area contributed by atoms with Crippen LogP contribution in [0.1, 0.15) is 17.3 Å². The van der Waals surface area contributed by atoms with Gasteiger partial charge in [-0.3, -0.25) is 0 Å². The maximum atomic E-state index is 5.36. The normalized spacial score (nSPS) is 12.4. The van der Waals surface area contributed by atoms with Crippen molar-refractivity contribution in [2.75, 3.05) is 14.2 Å². The molecule has 0 aliphatic heterocycles. The molecule has 0 spiro atoms. The molecular formula is C10H12BrIO2. The molecule has 0 heterocycles. The molecule has 0 saturated heterocycles. The van der Waals surface area contributed by atoms with Crippen molar-refractivity contribution >= 4 is 38.5 Å².